The number of aromatic nitrogens is 2. The molecule has 31 heavy (non-hydrogen) atoms. The van der Waals surface area contributed by atoms with Crippen molar-refractivity contribution in [2.24, 2.45) is 10.7 Å². The molecule has 0 bridgehead atoms. The Morgan fingerprint density at radius 1 is 1.06 bits per heavy atom. The standard InChI is InChI=1S/C23H21F2N5O/c1-14-8-19(7-6-15(14)10-20(24)25)23(21(31)30(2)22(26)29-23)18-5-3-4-16(9-18)17-11-27-13-28-12-17/h3-9,11-13,20H,10H2,1-2H3,(H2,26,29). The number of benzene rings is 2. The van der Waals surface area contributed by atoms with Gasteiger partial charge in [0.15, 0.2) is 11.5 Å². The average molecular weight is 421 g/mol. The molecule has 1 amide bonds. The molecule has 4 rings (SSSR count). The van der Waals surface area contributed by atoms with Crippen molar-refractivity contribution in [1.29, 1.82) is 0 Å². The van der Waals surface area contributed by atoms with Crippen LogP contribution in [0.3, 0.4) is 0 Å². The Bertz CT molecular complexity index is 1170. The van der Waals surface area contributed by atoms with Gasteiger partial charge in [-0.05, 0) is 40.8 Å². The van der Waals surface area contributed by atoms with Gasteiger partial charge in [-0.15, -0.1) is 0 Å². The number of amides is 1. The van der Waals surface area contributed by atoms with Crippen molar-refractivity contribution in [2.75, 3.05) is 7.05 Å². The van der Waals surface area contributed by atoms with Crippen molar-refractivity contribution in [3.63, 3.8) is 0 Å². The third kappa shape index (κ3) is 3.54. The number of carbonyl (C=O) groups is 1. The van der Waals surface area contributed by atoms with Crippen LogP contribution in [0.4, 0.5) is 8.78 Å². The van der Waals surface area contributed by atoms with E-state index in [4.69, 9.17) is 5.73 Å². The molecule has 1 aromatic heterocycles. The zero-order valence-electron chi connectivity index (χ0n) is 17.1. The van der Waals surface area contributed by atoms with E-state index in [0.29, 0.717) is 22.3 Å². The van der Waals surface area contributed by atoms with Crippen molar-refractivity contribution in [3.8, 4) is 11.1 Å². The molecule has 0 fully saturated rings. The third-order valence-electron chi connectivity index (χ3n) is 5.55. The fourth-order valence-corrected chi connectivity index (χ4v) is 3.87. The molecule has 0 saturated carbocycles. The van der Waals surface area contributed by atoms with Crippen LogP contribution < -0.4 is 5.73 Å². The number of guanidine groups is 1. The lowest BCUT2D eigenvalue weighted by Crippen LogP contribution is -2.41. The van der Waals surface area contributed by atoms with E-state index in [1.807, 2.05) is 24.3 Å². The molecule has 1 atom stereocenters. The van der Waals surface area contributed by atoms with E-state index in [1.54, 1.807) is 44.6 Å². The highest BCUT2D eigenvalue weighted by atomic mass is 19.3. The van der Waals surface area contributed by atoms with E-state index in [2.05, 4.69) is 15.0 Å². The van der Waals surface area contributed by atoms with E-state index in [1.165, 1.54) is 11.2 Å². The third-order valence-corrected chi connectivity index (χ3v) is 5.55. The Labute approximate surface area is 178 Å². The number of halogens is 2. The minimum absolute atomic E-state index is 0.0905. The molecular formula is C23H21F2N5O. The maximum Gasteiger partial charge on any atom is 0.266 e. The molecule has 0 saturated heterocycles. The largest absolute Gasteiger partial charge is 0.369 e. The number of hydrogen-bond donors (Lipinski definition) is 1. The van der Waals surface area contributed by atoms with Gasteiger partial charge in [0, 0.05) is 31.4 Å². The molecule has 158 valence electrons. The predicted molar refractivity (Wildman–Crippen MR) is 114 cm³/mol. The monoisotopic (exact) mass is 421 g/mol. The van der Waals surface area contributed by atoms with Crippen LogP contribution in [0, 0.1) is 6.92 Å². The number of likely N-dealkylation sites (N-methyl/N-ethyl adjacent to an activating group) is 1. The van der Waals surface area contributed by atoms with E-state index in [9.17, 15) is 13.6 Å². The highest BCUT2D eigenvalue weighted by Crippen LogP contribution is 2.41. The summed E-state index contributed by atoms with van der Waals surface area (Å²) in [6.07, 6.45) is 2.02. The first-order chi connectivity index (χ1) is 14.8. The molecule has 0 aliphatic carbocycles. The SMILES string of the molecule is Cc1cc(C2(c3cccc(-c4cncnc4)c3)N=C(N)N(C)C2=O)ccc1CC(F)F. The summed E-state index contributed by atoms with van der Waals surface area (Å²) in [4.78, 5) is 27.4. The van der Waals surface area contributed by atoms with Crippen LogP contribution in [0.15, 0.2) is 66.2 Å². The molecule has 2 heterocycles. The fraction of sp³-hybridized carbons (Fsp3) is 0.217. The normalized spacial score (nSPS) is 18.5. The molecule has 3 aromatic rings. The van der Waals surface area contributed by atoms with Crippen molar-refractivity contribution >= 4 is 11.9 Å². The fourth-order valence-electron chi connectivity index (χ4n) is 3.87. The summed E-state index contributed by atoms with van der Waals surface area (Å²) < 4.78 is 25.8. The molecule has 1 unspecified atom stereocenters. The number of rotatable bonds is 5. The quantitative estimate of drug-likeness (QED) is 0.685. The molecule has 2 N–H and O–H groups in total. The summed E-state index contributed by atoms with van der Waals surface area (Å²) in [5.74, 6) is -0.222. The van der Waals surface area contributed by atoms with Crippen LogP contribution in [0.2, 0.25) is 0 Å². The summed E-state index contributed by atoms with van der Waals surface area (Å²) in [7, 11) is 1.57. The Balaban J connectivity index is 1.90. The van der Waals surface area contributed by atoms with Gasteiger partial charge in [0.25, 0.3) is 5.91 Å². The number of aliphatic imine (C=N–C) groups is 1. The lowest BCUT2D eigenvalue weighted by molar-refractivity contribution is -0.129. The maximum atomic E-state index is 13.4. The van der Waals surface area contributed by atoms with Crippen LogP contribution in [-0.4, -0.2) is 40.2 Å². The minimum Gasteiger partial charge on any atom is -0.369 e. The second-order valence-corrected chi connectivity index (χ2v) is 7.49. The van der Waals surface area contributed by atoms with Gasteiger partial charge in [0.05, 0.1) is 0 Å². The van der Waals surface area contributed by atoms with E-state index < -0.39 is 12.0 Å². The molecule has 2 aromatic carbocycles. The zero-order valence-corrected chi connectivity index (χ0v) is 17.1. The number of nitrogens with zero attached hydrogens (tertiary/aromatic N) is 4. The smallest absolute Gasteiger partial charge is 0.266 e. The van der Waals surface area contributed by atoms with E-state index in [-0.39, 0.29) is 18.3 Å². The van der Waals surface area contributed by atoms with Gasteiger partial charge in [-0.1, -0.05) is 36.4 Å². The van der Waals surface area contributed by atoms with Gasteiger partial charge in [0.1, 0.15) is 6.33 Å². The number of hydrogen-bond acceptors (Lipinski definition) is 5. The minimum atomic E-state index is -2.45. The Kier molecular flexibility index (Phi) is 5.22. The maximum absolute atomic E-state index is 13.4. The van der Waals surface area contributed by atoms with Crippen LogP contribution in [-0.2, 0) is 16.8 Å². The molecule has 8 heteroatoms. The second-order valence-electron chi connectivity index (χ2n) is 7.49. The summed E-state index contributed by atoms with van der Waals surface area (Å²) >= 11 is 0. The van der Waals surface area contributed by atoms with Crippen molar-refractivity contribution in [2.45, 2.75) is 25.3 Å². The van der Waals surface area contributed by atoms with Crippen molar-refractivity contribution < 1.29 is 13.6 Å². The number of alkyl halides is 2. The number of nitrogens with two attached hydrogens (primary N) is 1. The molecule has 0 radical (unpaired) electrons. The van der Waals surface area contributed by atoms with Gasteiger partial charge < -0.3 is 5.73 Å². The lowest BCUT2D eigenvalue weighted by atomic mass is 9.80. The molecular weight excluding hydrogens is 400 g/mol. The predicted octanol–water partition coefficient (Wildman–Crippen LogP) is 3.29. The van der Waals surface area contributed by atoms with Gasteiger partial charge >= 0.3 is 0 Å². The topological polar surface area (TPSA) is 84.5 Å². The van der Waals surface area contributed by atoms with Gasteiger partial charge in [-0.25, -0.2) is 23.7 Å². The van der Waals surface area contributed by atoms with Gasteiger partial charge in [-0.3, -0.25) is 9.69 Å². The second kappa shape index (κ2) is 7.86. The van der Waals surface area contributed by atoms with Crippen LogP contribution in [0.1, 0.15) is 22.3 Å². The zero-order chi connectivity index (χ0) is 22.2. The molecule has 1 aliphatic rings. The highest BCUT2D eigenvalue weighted by Gasteiger charge is 2.49. The number of aryl methyl sites for hydroxylation is 1. The first-order valence-corrected chi connectivity index (χ1v) is 9.70. The first-order valence-electron chi connectivity index (χ1n) is 9.70. The van der Waals surface area contributed by atoms with Crippen molar-refractivity contribution in [1.82, 2.24) is 14.9 Å². The summed E-state index contributed by atoms with van der Waals surface area (Å²) in [5.41, 5.74) is 8.63. The average Bonchev–Trinajstić information content (AvgIpc) is 3.00. The van der Waals surface area contributed by atoms with Crippen molar-refractivity contribution in [3.05, 3.63) is 83.4 Å². The summed E-state index contributed by atoms with van der Waals surface area (Å²) in [5, 5.41) is 0. The van der Waals surface area contributed by atoms with Crippen LogP contribution in [0.25, 0.3) is 11.1 Å². The van der Waals surface area contributed by atoms with Crippen LogP contribution in [0.5, 0.6) is 0 Å². The van der Waals surface area contributed by atoms with Gasteiger partial charge in [0.2, 0.25) is 6.43 Å². The van der Waals surface area contributed by atoms with Gasteiger partial charge in [-0.2, -0.15) is 0 Å². The lowest BCUT2D eigenvalue weighted by Gasteiger charge is -2.27. The Morgan fingerprint density at radius 3 is 2.39 bits per heavy atom. The Hall–Kier alpha value is -3.68. The van der Waals surface area contributed by atoms with Crippen LogP contribution >= 0.6 is 0 Å². The number of carbonyl (C=O) groups excluding carboxylic acids is 1. The molecule has 0 spiro atoms. The first kappa shape index (κ1) is 20.6. The summed E-state index contributed by atoms with van der Waals surface area (Å²) in [6, 6.07) is 12.4. The Morgan fingerprint density at radius 2 is 1.77 bits per heavy atom. The molecule has 1 aliphatic heterocycles. The van der Waals surface area contributed by atoms with E-state index in [0.717, 1.165) is 11.1 Å². The van der Waals surface area contributed by atoms with E-state index >= 15 is 0 Å². The molecule has 6 nitrogen and oxygen atoms in total. The summed E-state index contributed by atoms with van der Waals surface area (Å²) in [6.45, 7) is 1.75. The highest BCUT2D eigenvalue weighted by molar-refractivity contribution is 6.09.